The Labute approximate surface area is 123 Å². The smallest absolute Gasteiger partial charge is 0.307 e. The molecule has 1 saturated carbocycles. The second-order valence-electron chi connectivity index (χ2n) is 4.83. The number of carbonyl (C=O) groups excluding carboxylic acids is 2. The van der Waals surface area contributed by atoms with Gasteiger partial charge in [0, 0.05) is 16.7 Å². The Morgan fingerprint density at radius 1 is 1.35 bits per heavy atom. The fourth-order valence-electron chi connectivity index (χ4n) is 1.62. The highest BCUT2D eigenvalue weighted by molar-refractivity contribution is 7.99. The van der Waals surface area contributed by atoms with Gasteiger partial charge in [0.05, 0.1) is 6.42 Å². The first-order chi connectivity index (χ1) is 9.65. The fraction of sp³-hybridized carbons (Fsp3) is 0.467. The summed E-state index contributed by atoms with van der Waals surface area (Å²) in [4.78, 5) is 24.4. The van der Waals surface area contributed by atoms with Crippen molar-refractivity contribution in [3.8, 4) is 0 Å². The predicted molar refractivity (Wildman–Crippen MR) is 78.5 cm³/mol. The number of nitrogens with one attached hydrogen (secondary N) is 1. The van der Waals surface area contributed by atoms with Gasteiger partial charge in [0.1, 0.15) is 0 Å². The van der Waals surface area contributed by atoms with Crippen LogP contribution in [0.2, 0.25) is 0 Å². The molecule has 20 heavy (non-hydrogen) atoms. The molecule has 108 valence electrons. The summed E-state index contributed by atoms with van der Waals surface area (Å²) in [5.74, 6) is 0.128. The molecule has 5 heteroatoms. The Morgan fingerprint density at radius 3 is 2.70 bits per heavy atom. The van der Waals surface area contributed by atoms with Gasteiger partial charge in [-0.25, -0.2) is 0 Å². The molecule has 0 aliphatic heterocycles. The molecule has 0 saturated heterocycles. The molecule has 1 N–H and O–H groups in total. The van der Waals surface area contributed by atoms with Gasteiger partial charge in [-0.2, -0.15) is 0 Å². The van der Waals surface area contributed by atoms with Crippen LogP contribution < -0.4 is 5.32 Å². The Morgan fingerprint density at radius 2 is 2.05 bits per heavy atom. The molecule has 1 aliphatic carbocycles. The first kappa shape index (κ1) is 14.9. The third kappa shape index (κ3) is 5.25. The van der Waals surface area contributed by atoms with Crippen molar-refractivity contribution in [1.82, 2.24) is 5.32 Å². The number of thioether (sulfide) groups is 1. The molecular weight excluding hydrogens is 274 g/mol. The van der Waals surface area contributed by atoms with E-state index in [9.17, 15) is 9.59 Å². The van der Waals surface area contributed by atoms with E-state index in [1.165, 1.54) is 0 Å². The van der Waals surface area contributed by atoms with Gasteiger partial charge in [-0.1, -0.05) is 18.2 Å². The van der Waals surface area contributed by atoms with Gasteiger partial charge in [0.15, 0.2) is 6.10 Å². The van der Waals surface area contributed by atoms with Crippen molar-refractivity contribution in [2.75, 3.05) is 5.75 Å². The van der Waals surface area contributed by atoms with Crippen molar-refractivity contribution >= 4 is 23.6 Å². The van der Waals surface area contributed by atoms with E-state index in [0.29, 0.717) is 12.2 Å². The van der Waals surface area contributed by atoms with Crippen LogP contribution in [0.5, 0.6) is 0 Å². The Bertz CT molecular complexity index is 459. The van der Waals surface area contributed by atoms with Crippen LogP contribution in [-0.2, 0) is 14.3 Å². The van der Waals surface area contributed by atoms with E-state index < -0.39 is 6.10 Å². The molecule has 1 amide bonds. The number of carbonyl (C=O) groups is 2. The van der Waals surface area contributed by atoms with E-state index in [4.69, 9.17) is 4.74 Å². The van der Waals surface area contributed by atoms with Crippen LogP contribution in [0, 0.1) is 0 Å². The Balaban J connectivity index is 1.63. The van der Waals surface area contributed by atoms with Crippen molar-refractivity contribution in [3.63, 3.8) is 0 Å². The summed E-state index contributed by atoms with van der Waals surface area (Å²) >= 11 is 1.60. The summed E-state index contributed by atoms with van der Waals surface area (Å²) in [7, 11) is 0. The molecule has 0 bridgehead atoms. The number of esters is 1. The van der Waals surface area contributed by atoms with E-state index in [1.54, 1.807) is 18.7 Å². The summed E-state index contributed by atoms with van der Waals surface area (Å²) < 4.78 is 5.11. The first-order valence-corrected chi connectivity index (χ1v) is 7.81. The minimum absolute atomic E-state index is 0.198. The fourth-order valence-corrected chi connectivity index (χ4v) is 2.48. The minimum Gasteiger partial charge on any atom is -0.453 e. The van der Waals surface area contributed by atoms with Crippen molar-refractivity contribution < 1.29 is 14.3 Å². The number of ether oxygens (including phenoxy) is 1. The molecule has 0 spiro atoms. The molecule has 1 fully saturated rings. The van der Waals surface area contributed by atoms with Crippen LogP contribution in [0.4, 0.5) is 0 Å². The zero-order valence-electron chi connectivity index (χ0n) is 11.5. The molecule has 1 aromatic rings. The molecule has 1 aliphatic rings. The van der Waals surface area contributed by atoms with Crippen LogP contribution in [0.15, 0.2) is 35.2 Å². The van der Waals surface area contributed by atoms with Gasteiger partial charge in [0.25, 0.3) is 5.91 Å². The molecule has 2 rings (SSSR count). The summed E-state index contributed by atoms with van der Waals surface area (Å²) in [5, 5.41) is 2.82. The van der Waals surface area contributed by atoms with Crippen molar-refractivity contribution in [2.45, 2.75) is 43.2 Å². The predicted octanol–water partition coefficient (Wildman–Crippen LogP) is 2.38. The average molecular weight is 293 g/mol. The van der Waals surface area contributed by atoms with Crippen molar-refractivity contribution in [3.05, 3.63) is 30.3 Å². The molecule has 0 radical (unpaired) electrons. The summed E-state index contributed by atoms with van der Waals surface area (Å²) in [6.45, 7) is 1.61. The third-order valence-electron chi connectivity index (χ3n) is 2.92. The monoisotopic (exact) mass is 293 g/mol. The first-order valence-electron chi connectivity index (χ1n) is 6.83. The standard InChI is InChI=1S/C15H19NO3S/c1-11(15(18)16-12-7-8-12)19-14(17)9-10-20-13-5-3-2-4-6-13/h2-6,11-12H,7-10H2,1H3,(H,16,18)/t11-/m1/s1. The van der Waals surface area contributed by atoms with E-state index in [-0.39, 0.29) is 17.9 Å². The molecule has 0 heterocycles. The van der Waals surface area contributed by atoms with Crippen LogP contribution in [-0.4, -0.2) is 29.8 Å². The lowest BCUT2D eigenvalue weighted by molar-refractivity contribution is -0.154. The largest absolute Gasteiger partial charge is 0.453 e. The quantitative estimate of drug-likeness (QED) is 0.619. The van der Waals surface area contributed by atoms with E-state index >= 15 is 0 Å². The minimum atomic E-state index is -0.704. The molecule has 0 unspecified atom stereocenters. The molecular formula is C15H19NO3S. The Kier molecular flexibility index (Phi) is 5.47. The van der Waals surface area contributed by atoms with Crippen LogP contribution in [0.1, 0.15) is 26.2 Å². The number of hydrogen-bond acceptors (Lipinski definition) is 4. The Hall–Kier alpha value is -1.49. The summed E-state index contributed by atoms with van der Waals surface area (Å²) in [6.07, 6.45) is 1.66. The lowest BCUT2D eigenvalue weighted by Crippen LogP contribution is -2.37. The maximum atomic E-state index is 11.6. The highest BCUT2D eigenvalue weighted by Gasteiger charge is 2.26. The molecule has 1 atom stereocenters. The van der Waals surface area contributed by atoms with Gasteiger partial charge in [-0.3, -0.25) is 9.59 Å². The normalized spacial score (nSPS) is 15.4. The molecule has 1 aromatic carbocycles. The lowest BCUT2D eigenvalue weighted by Gasteiger charge is -2.13. The van der Waals surface area contributed by atoms with Gasteiger partial charge in [-0.15, -0.1) is 11.8 Å². The second kappa shape index (κ2) is 7.33. The zero-order valence-corrected chi connectivity index (χ0v) is 12.3. The highest BCUT2D eigenvalue weighted by atomic mass is 32.2. The van der Waals surface area contributed by atoms with Gasteiger partial charge in [-0.05, 0) is 31.9 Å². The van der Waals surface area contributed by atoms with Gasteiger partial charge in [0.2, 0.25) is 0 Å². The van der Waals surface area contributed by atoms with Gasteiger partial charge < -0.3 is 10.1 Å². The zero-order chi connectivity index (χ0) is 14.4. The van der Waals surface area contributed by atoms with Crippen LogP contribution in [0.3, 0.4) is 0 Å². The number of benzene rings is 1. The number of rotatable bonds is 7. The number of hydrogen-bond donors (Lipinski definition) is 1. The van der Waals surface area contributed by atoms with E-state index in [0.717, 1.165) is 17.7 Å². The average Bonchev–Trinajstić information content (AvgIpc) is 3.23. The summed E-state index contributed by atoms with van der Waals surface area (Å²) in [5.41, 5.74) is 0. The maximum Gasteiger partial charge on any atom is 0.307 e. The summed E-state index contributed by atoms with van der Waals surface area (Å²) in [6, 6.07) is 10.2. The molecule has 4 nitrogen and oxygen atoms in total. The van der Waals surface area contributed by atoms with Crippen molar-refractivity contribution in [1.29, 1.82) is 0 Å². The van der Waals surface area contributed by atoms with Crippen molar-refractivity contribution in [2.24, 2.45) is 0 Å². The SMILES string of the molecule is C[C@@H](OC(=O)CCSc1ccccc1)C(=O)NC1CC1. The van der Waals surface area contributed by atoms with E-state index in [2.05, 4.69) is 5.32 Å². The maximum absolute atomic E-state index is 11.6. The second-order valence-corrected chi connectivity index (χ2v) is 5.99. The lowest BCUT2D eigenvalue weighted by atomic mass is 10.3. The molecule has 0 aromatic heterocycles. The third-order valence-corrected chi connectivity index (χ3v) is 3.93. The van der Waals surface area contributed by atoms with Crippen LogP contribution in [0.25, 0.3) is 0 Å². The van der Waals surface area contributed by atoms with Gasteiger partial charge >= 0.3 is 5.97 Å². The van der Waals surface area contributed by atoms with E-state index in [1.807, 2.05) is 30.3 Å². The highest BCUT2D eigenvalue weighted by Crippen LogP contribution is 2.19. The topological polar surface area (TPSA) is 55.4 Å². The van der Waals surface area contributed by atoms with Crippen LogP contribution >= 0.6 is 11.8 Å². The number of amides is 1.